The molecule has 2 fully saturated rings. The summed E-state index contributed by atoms with van der Waals surface area (Å²) in [5.74, 6) is 0. The van der Waals surface area contributed by atoms with Crippen LogP contribution in [0.2, 0.25) is 0 Å². The predicted octanol–water partition coefficient (Wildman–Crippen LogP) is 2.11. The Morgan fingerprint density at radius 1 is 1.11 bits per heavy atom. The van der Waals surface area contributed by atoms with Crippen molar-refractivity contribution in [3.05, 3.63) is 0 Å². The number of hydrogen-bond donors (Lipinski definition) is 1. The van der Waals surface area contributed by atoms with Gasteiger partial charge >= 0.3 is 0 Å². The van der Waals surface area contributed by atoms with Gasteiger partial charge in [0, 0.05) is 19.1 Å². The molecule has 0 amide bonds. The van der Waals surface area contributed by atoms with Gasteiger partial charge in [0.1, 0.15) is 0 Å². The van der Waals surface area contributed by atoms with E-state index in [-0.39, 0.29) is 11.3 Å². The van der Waals surface area contributed by atoms with Gasteiger partial charge in [-0.15, -0.1) is 0 Å². The fraction of sp³-hybridized carbons (Fsp3) is 1.00. The van der Waals surface area contributed by atoms with Crippen molar-refractivity contribution in [1.29, 1.82) is 0 Å². The molecule has 2 aliphatic rings. The lowest BCUT2D eigenvalue weighted by Crippen LogP contribution is -2.51. The second-order valence-electron chi connectivity index (χ2n) is 5.92. The van der Waals surface area contributed by atoms with E-state index in [4.69, 9.17) is 0 Å². The van der Waals surface area contributed by atoms with Crippen LogP contribution in [0.5, 0.6) is 0 Å². The van der Waals surface area contributed by atoms with E-state index in [2.05, 4.69) is 12.2 Å². The maximum atomic E-state index is 12.9. The van der Waals surface area contributed by atoms with Crippen molar-refractivity contribution >= 4 is 10.0 Å². The van der Waals surface area contributed by atoms with Crippen LogP contribution in [0.4, 0.5) is 0 Å². The molecule has 1 atom stereocenters. The Hall–Kier alpha value is -0.130. The lowest BCUT2D eigenvalue weighted by Gasteiger charge is -2.37. The standard InChI is InChI=1S/C14H28N2O2S/c1-2-11-16(13-7-6-10-15-12-13)19(17,18)14-8-4-3-5-9-14/h13-15H,2-12H2,1H3. The number of rotatable bonds is 5. The highest BCUT2D eigenvalue weighted by atomic mass is 32.2. The van der Waals surface area contributed by atoms with Crippen LogP contribution in [-0.4, -0.2) is 43.6 Å². The Bertz CT molecular complexity index is 358. The third-order valence-corrected chi connectivity index (χ3v) is 6.87. The molecule has 0 aromatic rings. The summed E-state index contributed by atoms with van der Waals surface area (Å²) < 4.78 is 27.6. The van der Waals surface area contributed by atoms with Crippen LogP contribution < -0.4 is 5.32 Å². The molecule has 1 unspecified atom stereocenters. The van der Waals surface area contributed by atoms with Crippen molar-refractivity contribution in [3.63, 3.8) is 0 Å². The van der Waals surface area contributed by atoms with Gasteiger partial charge in [-0.1, -0.05) is 26.2 Å². The van der Waals surface area contributed by atoms with E-state index in [1.807, 2.05) is 4.31 Å². The Morgan fingerprint density at radius 2 is 1.84 bits per heavy atom. The number of sulfonamides is 1. The van der Waals surface area contributed by atoms with Gasteiger partial charge < -0.3 is 5.32 Å². The lowest BCUT2D eigenvalue weighted by molar-refractivity contribution is 0.260. The van der Waals surface area contributed by atoms with Crippen molar-refractivity contribution in [2.24, 2.45) is 0 Å². The van der Waals surface area contributed by atoms with Crippen LogP contribution in [0.1, 0.15) is 58.3 Å². The second-order valence-corrected chi connectivity index (χ2v) is 8.08. The quantitative estimate of drug-likeness (QED) is 0.843. The zero-order chi connectivity index (χ0) is 13.7. The van der Waals surface area contributed by atoms with E-state index in [9.17, 15) is 8.42 Å². The summed E-state index contributed by atoms with van der Waals surface area (Å²) >= 11 is 0. The van der Waals surface area contributed by atoms with Gasteiger partial charge in [0.15, 0.2) is 0 Å². The molecule has 0 aromatic heterocycles. The molecule has 112 valence electrons. The molecule has 19 heavy (non-hydrogen) atoms. The van der Waals surface area contributed by atoms with E-state index in [0.717, 1.165) is 58.0 Å². The Labute approximate surface area is 118 Å². The molecule has 1 N–H and O–H groups in total. The highest BCUT2D eigenvalue weighted by Crippen LogP contribution is 2.28. The monoisotopic (exact) mass is 288 g/mol. The molecule has 1 heterocycles. The molecule has 4 nitrogen and oxygen atoms in total. The Balaban J connectivity index is 2.11. The zero-order valence-corrected chi connectivity index (χ0v) is 12.9. The first kappa shape index (κ1) is 15.3. The van der Waals surface area contributed by atoms with E-state index in [0.29, 0.717) is 6.54 Å². The molecule has 5 heteroatoms. The van der Waals surface area contributed by atoms with Gasteiger partial charge in [0.25, 0.3) is 0 Å². The van der Waals surface area contributed by atoms with Crippen molar-refractivity contribution in [1.82, 2.24) is 9.62 Å². The molecule has 0 aromatic carbocycles. The summed E-state index contributed by atoms with van der Waals surface area (Å²) in [7, 11) is -3.09. The van der Waals surface area contributed by atoms with E-state index in [1.54, 1.807) is 0 Å². The predicted molar refractivity (Wildman–Crippen MR) is 78.7 cm³/mol. The maximum absolute atomic E-state index is 12.9. The zero-order valence-electron chi connectivity index (χ0n) is 12.1. The Kier molecular flexibility index (Phi) is 5.66. The van der Waals surface area contributed by atoms with Crippen LogP contribution in [0, 0.1) is 0 Å². The van der Waals surface area contributed by atoms with Gasteiger partial charge in [0.2, 0.25) is 10.0 Å². The number of piperidine rings is 1. The highest BCUT2D eigenvalue weighted by Gasteiger charge is 2.36. The molecule has 1 aliphatic heterocycles. The van der Waals surface area contributed by atoms with Crippen LogP contribution in [0.25, 0.3) is 0 Å². The van der Waals surface area contributed by atoms with Crippen molar-refractivity contribution in [2.75, 3.05) is 19.6 Å². The average Bonchev–Trinajstić information content (AvgIpc) is 2.46. The largest absolute Gasteiger partial charge is 0.315 e. The van der Waals surface area contributed by atoms with Crippen molar-refractivity contribution in [2.45, 2.75) is 69.6 Å². The first-order valence-electron chi connectivity index (χ1n) is 7.87. The summed E-state index contributed by atoms with van der Waals surface area (Å²) in [6, 6.07) is 0.181. The molecule has 1 saturated carbocycles. The fourth-order valence-electron chi connectivity index (χ4n) is 3.37. The number of hydrogen-bond acceptors (Lipinski definition) is 3. The molecular weight excluding hydrogens is 260 g/mol. The molecule has 1 aliphatic carbocycles. The molecule has 0 spiro atoms. The molecular formula is C14H28N2O2S. The van der Waals surface area contributed by atoms with Gasteiger partial charge in [-0.3, -0.25) is 0 Å². The van der Waals surface area contributed by atoms with Crippen LogP contribution in [-0.2, 0) is 10.0 Å². The fourth-order valence-corrected chi connectivity index (χ4v) is 5.72. The summed E-state index contributed by atoms with van der Waals surface area (Å²) in [6.07, 6.45) is 8.09. The normalized spacial score (nSPS) is 26.7. The van der Waals surface area contributed by atoms with E-state index < -0.39 is 10.0 Å². The maximum Gasteiger partial charge on any atom is 0.217 e. The van der Waals surface area contributed by atoms with Crippen LogP contribution in [0.3, 0.4) is 0 Å². The minimum Gasteiger partial charge on any atom is -0.315 e. The van der Waals surface area contributed by atoms with E-state index in [1.165, 1.54) is 6.42 Å². The SMILES string of the molecule is CCCN(C1CCCNC1)S(=O)(=O)C1CCCCC1. The molecule has 2 rings (SSSR count). The minimum absolute atomic E-state index is 0.116. The summed E-state index contributed by atoms with van der Waals surface area (Å²) in [5.41, 5.74) is 0. The topological polar surface area (TPSA) is 49.4 Å². The minimum atomic E-state index is -3.09. The van der Waals surface area contributed by atoms with Crippen molar-refractivity contribution in [3.8, 4) is 0 Å². The second kappa shape index (κ2) is 7.04. The first-order valence-corrected chi connectivity index (χ1v) is 9.38. The third-order valence-electron chi connectivity index (χ3n) is 4.42. The smallest absolute Gasteiger partial charge is 0.217 e. The lowest BCUT2D eigenvalue weighted by atomic mass is 10.0. The Morgan fingerprint density at radius 3 is 2.42 bits per heavy atom. The molecule has 0 radical (unpaired) electrons. The van der Waals surface area contributed by atoms with E-state index >= 15 is 0 Å². The third kappa shape index (κ3) is 3.70. The van der Waals surface area contributed by atoms with Gasteiger partial charge in [-0.25, -0.2) is 8.42 Å². The number of nitrogens with zero attached hydrogens (tertiary/aromatic N) is 1. The van der Waals surface area contributed by atoms with Gasteiger partial charge in [0.05, 0.1) is 5.25 Å². The summed E-state index contributed by atoms with van der Waals surface area (Å²) in [6.45, 7) is 4.61. The molecule has 0 bridgehead atoms. The average molecular weight is 288 g/mol. The molecule has 1 saturated heterocycles. The van der Waals surface area contributed by atoms with Crippen molar-refractivity contribution < 1.29 is 8.42 Å². The van der Waals surface area contributed by atoms with Crippen LogP contribution in [0.15, 0.2) is 0 Å². The summed E-state index contributed by atoms with van der Waals surface area (Å²) in [4.78, 5) is 0. The first-order chi connectivity index (χ1) is 9.16. The summed E-state index contributed by atoms with van der Waals surface area (Å²) in [5, 5.41) is 3.23. The van der Waals surface area contributed by atoms with Gasteiger partial charge in [-0.2, -0.15) is 4.31 Å². The van der Waals surface area contributed by atoms with Gasteiger partial charge in [-0.05, 0) is 38.6 Å². The van der Waals surface area contributed by atoms with Crippen LogP contribution >= 0.6 is 0 Å². The highest BCUT2D eigenvalue weighted by molar-refractivity contribution is 7.89. The number of nitrogens with one attached hydrogen (secondary N) is 1.